The number of hydrogen-bond acceptors (Lipinski definition) is 6. The molecule has 0 radical (unpaired) electrons. The summed E-state index contributed by atoms with van der Waals surface area (Å²) in [6.07, 6.45) is 0. The molecule has 7 heteroatoms. The molecule has 0 bridgehead atoms. The Kier molecular flexibility index (Phi) is 3.16. The summed E-state index contributed by atoms with van der Waals surface area (Å²) in [7, 11) is 0. The fourth-order valence-electron chi connectivity index (χ4n) is 1.20. The second-order valence-corrected chi connectivity index (χ2v) is 4.23. The highest BCUT2D eigenvalue weighted by Crippen LogP contribution is 2.20. The zero-order chi connectivity index (χ0) is 11.5. The Morgan fingerprint density at radius 1 is 1.25 bits per heavy atom. The molecular weight excluding hydrogens is 224 g/mol. The Labute approximate surface area is 97.1 Å². The van der Waals surface area contributed by atoms with Crippen LogP contribution >= 0.6 is 11.8 Å². The molecule has 0 saturated heterocycles. The van der Waals surface area contributed by atoms with Crippen LogP contribution in [0.3, 0.4) is 0 Å². The molecule has 2 aromatic rings. The van der Waals surface area contributed by atoms with Gasteiger partial charge in [0.05, 0.1) is 5.69 Å². The molecule has 6 nitrogen and oxygen atoms in total. The number of nitrogens with one attached hydrogen (secondary N) is 1. The number of aromatic amines is 1. The van der Waals surface area contributed by atoms with E-state index in [1.54, 1.807) is 0 Å². The number of aromatic nitrogens is 5. The molecule has 0 unspecified atom stereocenters. The van der Waals surface area contributed by atoms with Gasteiger partial charge in [-0.05, 0) is 31.7 Å². The van der Waals surface area contributed by atoms with Crippen molar-refractivity contribution in [1.29, 1.82) is 0 Å². The molecule has 84 valence electrons. The highest BCUT2D eigenvalue weighted by atomic mass is 32.2. The van der Waals surface area contributed by atoms with E-state index >= 15 is 0 Å². The molecule has 0 fully saturated rings. The van der Waals surface area contributed by atoms with Gasteiger partial charge in [0.2, 0.25) is 5.16 Å². The summed E-state index contributed by atoms with van der Waals surface area (Å²) in [5.41, 5.74) is 7.26. The van der Waals surface area contributed by atoms with Crippen LogP contribution in [0.25, 0.3) is 0 Å². The molecule has 0 spiro atoms. The van der Waals surface area contributed by atoms with Gasteiger partial charge in [0.1, 0.15) is 5.82 Å². The average molecular weight is 236 g/mol. The first-order valence-corrected chi connectivity index (χ1v) is 5.60. The van der Waals surface area contributed by atoms with Crippen LogP contribution in [0.2, 0.25) is 0 Å². The standard InChI is InChI=1S/C9H12N6S/c1-5-3-7(4-10)13-8(11-5)16-9-12-6(2)14-15-9/h3H,4,10H2,1-2H3,(H,12,14,15). The van der Waals surface area contributed by atoms with Crippen LogP contribution in [0, 0.1) is 13.8 Å². The molecule has 0 aliphatic heterocycles. The van der Waals surface area contributed by atoms with Crippen LogP contribution in [0.4, 0.5) is 0 Å². The lowest BCUT2D eigenvalue weighted by molar-refractivity contribution is 0.848. The Hall–Kier alpha value is -1.47. The number of aryl methyl sites for hydroxylation is 2. The van der Waals surface area contributed by atoms with Crippen molar-refractivity contribution < 1.29 is 0 Å². The lowest BCUT2D eigenvalue weighted by Crippen LogP contribution is -2.02. The largest absolute Gasteiger partial charge is 0.325 e. The summed E-state index contributed by atoms with van der Waals surface area (Å²) in [5, 5.41) is 8.02. The van der Waals surface area contributed by atoms with E-state index < -0.39 is 0 Å². The molecule has 0 saturated carbocycles. The van der Waals surface area contributed by atoms with Crippen LogP contribution in [0.5, 0.6) is 0 Å². The van der Waals surface area contributed by atoms with Gasteiger partial charge in [-0.3, -0.25) is 5.10 Å². The number of nitrogens with zero attached hydrogens (tertiary/aromatic N) is 4. The van der Waals surface area contributed by atoms with Crippen molar-refractivity contribution >= 4 is 11.8 Å². The smallest absolute Gasteiger partial charge is 0.216 e. The Morgan fingerprint density at radius 2 is 2.06 bits per heavy atom. The first-order valence-electron chi connectivity index (χ1n) is 4.79. The molecule has 2 heterocycles. The van der Waals surface area contributed by atoms with E-state index in [0.29, 0.717) is 16.9 Å². The highest BCUT2D eigenvalue weighted by molar-refractivity contribution is 7.99. The average Bonchev–Trinajstić information content (AvgIpc) is 2.63. The fourth-order valence-corrected chi connectivity index (χ4v) is 1.99. The van der Waals surface area contributed by atoms with Gasteiger partial charge in [-0.15, -0.1) is 5.10 Å². The van der Waals surface area contributed by atoms with Gasteiger partial charge in [0.25, 0.3) is 0 Å². The molecule has 16 heavy (non-hydrogen) atoms. The van der Waals surface area contributed by atoms with E-state index in [1.807, 2.05) is 19.9 Å². The van der Waals surface area contributed by atoms with Gasteiger partial charge in [-0.2, -0.15) is 0 Å². The maximum Gasteiger partial charge on any atom is 0.216 e. The summed E-state index contributed by atoms with van der Waals surface area (Å²) >= 11 is 1.32. The lowest BCUT2D eigenvalue weighted by atomic mass is 10.3. The van der Waals surface area contributed by atoms with Crippen LogP contribution in [-0.2, 0) is 6.54 Å². The third-order valence-corrected chi connectivity index (χ3v) is 2.59. The molecule has 0 aliphatic rings. The van der Waals surface area contributed by atoms with Crippen molar-refractivity contribution in [2.45, 2.75) is 30.7 Å². The second-order valence-electron chi connectivity index (χ2n) is 3.29. The summed E-state index contributed by atoms with van der Waals surface area (Å²) in [6.45, 7) is 4.16. The van der Waals surface area contributed by atoms with Crippen LogP contribution in [-0.4, -0.2) is 25.1 Å². The van der Waals surface area contributed by atoms with Crippen molar-refractivity contribution in [2.24, 2.45) is 5.73 Å². The third-order valence-electron chi connectivity index (χ3n) is 1.86. The van der Waals surface area contributed by atoms with Gasteiger partial charge >= 0.3 is 0 Å². The Bertz CT molecular complexity index is 494. The monoisotopic (exact) mass is 236 g/mol. The molecule has 0 aromatic carbocycles. The topological polar surface area (TPSA) is 93.4 Å². The first-order chi connectivity index (χ1) is 7.67. The zero-order valence-corrected chi connectivity index (χ0v) is 9.88. The predicted molar refractivity (Wildman–Crippen MR) is 59.9 cm³/mol. The molecule has 2 rings (SSSR count). The third kappa shape index (κ3) is 2.56. The number of nitrogens with two attached hydrogens (primary N) is 1. The normalized spacial score (nSPS) is 10.7. The van der Waals surface area contributed by atoms with E-state index in [0.717, 1.165) is 17.2 Å². The summed E-state index contributed by atoms with van der Waals surface area (Å²) < 4.78 is 0. The van der Waals surface area contributed by atoms with Gasteiger partial charge in [-0.25, -0.2) is 15.0 Å². The van der Waals surface area contributed by atoms with Crippen molar-refractivity contribution in [1.82, 2.24) is 25.1 Å². The van der Waals surface area contributed by atoms with E-state index in [1.165, 1.54) is 11.8 Å². The zero-order valence-electron chi connectivity index (χ0n) is 9.06. The molecule has 3 N–H and O–H groups in total. The minimum Gasteiger partial charge on any atom is -0.325 e. The number of hydrogen-bond donors (Lipinski definition) is 2. The molecule has 0 aliphatic carbocycles. The van der Waals surface area contributed by atoms with Crippen LogP contribution in [0.15, 0.2) is 16.4 Å². The van der Waals surface area contributed by atoms with Crippen molar-refractivity contribution in [3.8, 4) is 0 Å². The van der Waals surface area contributed by atoms with Crippen molar-refractivity contribution in [3.63, 3.8) is 0 Å². The predicted octanol–water partition coefficient (Wildman–Crippen LogP) is 0.821. The maximum absolute atomic E-state index is 5.55. The Balaban J connectivity index is 2.24. The highest BCUT2D eigenvalue weighted by Gasteiger charge is 2.07. The van der Waals surface area contributed by atoms with Crippen molar-refractivity contribution in [3.05, 3.63) is 23.3 Å². The van der Waals surface area contributed by atoms with Gasteiger partial charge in [0.15, 0.2) is 5.16 Å². The lowest BCUT2D eigenvalue weighted by Gasteiger charge is -2.01. The fraction of sp³-hybridized carbons (Fsp3) is 0.333. The number of H-pyrrole nitrogens is 1. The van der Waals surface area contributed by atoms with Crippen LogP contribution < -0.4 is 5.73 Å². The minimum absolute atomic E-state index is 0.407. The molecule has 2 aromatic heterocycles. The van der Waals surface area contributed by atoms with Gasteiger partial charge < -0.3 is 5.73 Å². The molecule has 0 atom stereocenters. The SMILES string of the molecule is Cc1cc(CN)nc(Sc2n[nH]c(C)n2)n1. The molecular formula is C9H12N6S. The Morgan fingerprint density at radius 3 is 2.69 bits per heavy atom. The summed E-state index contributed by atoms with van der Waals surface area (Å²) in [6, 6.07) is 1.87. The summed E-state index contributed by atoms with van der Waals surface area (Å²) in [5.74, 6) is 0.772. The van der Waals surface area contributed by atoms with Gasteiger partial charge in [0, 0.05) is 12.2 Å². The first kappa shape index (κ1) is 11.0. The minimum atomic E-state index is 0.407. The van der Waals surface area contributed by atoms with E-state index in [4.69, 9.17) is 5.73 Å². The van der Waals surface area contributed by atoms with Crippen LogP contribution in [0.1, 0.15) is 17.2 Å². The quantitative estimate of drug-likeness (QED) is 0.766. The maximum atomic E-state index is 5.55. The second kappa shape index (κ2) is 4.58. The van der Waals surface area contributed by atoms with Crippen molar-refractivity contribution in [2.75, 3.05) is 0 Å². The van der Waals surface area contributed by atoms with E-state index in [2.05, 4.69) is 25.1 Å². The molecule has 0 amide bonds. The van der Waals surface area contributed by atoms with E-state index in [9.17, 15) is 0 Å². The summed E-state index contributed by atoms with van der Waals surface area (Å²) in [4.78, 5) is 12.8. The number of rotatable bonds is 3. The van der Waals surface area contributed by atoms with E-state index in [-0.39, 0.29) is 0 Å². The van der Waals surface area contributed by atoms with Gasteiger partial charge in [-0.1, -0.05) is 0 Å².